The van der Waals surface area contributed by atoms with Crippen molar-refractivity contribution >= 4 is 44.8 Å². The molecule has 0 aliphatic carbocycles. The monoisotopic (exact) mass is 510 g/mol. The fourth-order valence-corrected chi connectivity index (χ4v) is 4.44. The Labute approximate surface area is 208 Å². The van der Waals surface area contributed by atoms with Crippen LogP contribution in [0.25, 0.3) is 0 Å². The van der Waals surface area contributed by atoms with Crippen molar-refractivity contribution in [2.75, 3.05) is 34.9 Å². The normalized spacial score (nSPS) is 15.7. The number of sulfone groups is 1. The van der Waals surface area contributed by atoms with Crippen molar-refractivity contribution in [3.05, 3.63) is 60.7 Å². The molecule has 13 heteroatoms. The van der Waals surface area contributed by atoms with Gasteiger partial charge in [0.1, 0.15) is 5.82 Å². The van der Waals surface area contributed by atoms with Gasteiger partial charge >= 0.3 is 6.03 Å². The van der Waals surface area contributed by atoms with Crippen molar-refractivity contribution < 1.29 is 18.0 Å². The van der Waals surface area contributed by atoms with Crippen LogP contribution in [0.15, 0.2) is 59.9 Å². The van der Waals surface area contributed by atoms with Crippen molar-refractivity contribution in [2.24, 2.45) is 5.73 Å². The maximum atomic E-state index is 12.4. The predicted octanol–water partition coefficient (Wildman–Crippen LogP) is 1.91. The van der Waals surface area contributed by atoms with E-state index in [2.05, 4.69) is 30.9 Å². The summed E-state index contributed by atoms with van der Waals surface area (Å²) in [7, 11) is -3.34. The number of nitrogens with one attached hydrogen (secondary N) is 3. The van der Waals surface area contributed by atoms with Crippen LogP contribution in [0.3, 0.4) is 0 Å². The molecule has 1 aliphatic heterocycles. The fraction of sp³-hybridized carbons (Fsp3) is 0.261. The smallest absolute Gasteiger partial charge is 0.319 e. The summed E-state index contributed by atoms with van der Waals surface area (Å²) in [6, 6.07) is 9.07. The summed E-state index contributed by atoms with van der Waals surface area (Å²) >= 11 is 0. The zero-order chi connectivity index (χ0) is 25.7. The lowest BCUT2D eigenvalue weighted by Gasteiger charge is -2.34. The maximum absolute atomic E-state index is 12.4. The van der Waals surface area contributed by atoms with Gasteiger partial charge < -0.3 is 26.6 Å². The van der Waals surface area contributed by atoms with E-state index in [1.807, 2.05) is 4.90 Å². The molecule has 12 nitrogen and oxygen atoms in total. The molecule has 1 aliphatic rings. The molecule has 3 heterocycles. The molecule has 1 aromatic carbocycles. The highest BCUT2D eigenvalue weighted by atomic mass is 32.2. The van der Waals surface area contributed by atoms with E-state index in [1.165, 1.54) is 18.3 Å². The van der Waals surface area contributed by atoms with Gasteiger partial charge in [-0.2, -0.15) is 0 Å². The van der Waals surface area contributed by atoms with Gasteiger partial charge in [-0.05, 0) is 49.2 Å². The van der Waals surface area contributed by atoms with Crippen LogP contribution in [-0.2, 0) is 9.84 Å². The van der Waals surface area contributed by atoms with Crippen LogP contribution >= 0.6 is 0 Å². The van der Waals surface area contributed by atoms with Crippen LogP contribution in [0.2, 0.25) is 0 Å². The quantitative estimate of drug-likeness (QED) is 0.370. The van der Waals surface area contributed by atoms with E-state index < -0.39 is 15.7 Å². The molecule has 2 aromatic heterocycles. The second-order valence-corrected chi connectivity index (χ2v) is 10.4. The van der Waals surface area contributed by atoms with Gasteiger partial charge in [0.2, 0.25) is 0 Å². The molecule has 1 saturated heterocycles. The van der Waals surface area contributed by atoms with Gasteiger partial charge in [-0.25, -0.2) is 23.2 Å². The maximum Gasteiger partial charge on any atom is 0.319 e. The molecular weight excluding hydrogens is 484 g/mol. The van der Waals surface area contributed by atoms with Crippen LogP contribution < -0.4 is 26.6 Å². The number of benzene rings is 1. The number of hydrogen-bond acceptors (Lipinski definition) is 9. The number of carbonyl (C=O) groups is 2. The number of amides is 3. The van der Waals surface area contributed by atoms with Crippen LogP contribution in [0.1, 0.15) is 23.3 Å². The first-order valence-corrected chi connectivity index (χ1v) is 13.0. The minimum absolute atomic E-state index is 0.0477. The van der Waals surface area contributed by atoms with Crippen LogP contribution in [-0.4, -0.2) is 60.7 Å². The second kappa shape index (κ2) is 10.6. The SMILES string of the molecule is CS(=O)(=O)c1ccc(Nc2nc(N3CCC[C@@H](NC(=O)Nc4cccnc4)C3)cnc2C(N)=O)cc1. The van der Waals surface area contributed by atoms with Gasteiger partial charge in [0.05, 0.1) is 23.0 Å². The van der Waals surface area contributed by atoms with E-state index in [1.54, 1.807) is 36.7 Å². The van der Waals surface area contributed by atoms with Crippen LogP contribution in [0.4, 0.5) is 27.8 Å². The lowest BCUT2D eigenvalue weighted by atomic mass is 10.1. The third-order valence-electron chi connectivity index (χ3n) is 5.54. The highest BCUT2D eigenvalue weighted by Crippen LogP contribution is 2.24. The summed E-state index contributed by atoms with van der Waals surface area (Å²) in [4.78, 5) is 39.2. The summed E-state index contributed by atoms with van der Waals surface area (Å²) in [5.74, 6) is -0.0968. The van der Waals surface area contributed by atoms with Crippen molar-refractivity contribution in [1.29, 1.82) is 0 Å². The molecule has 0 saturated carbocycles. The summed E-state index contributed by atoms with van der Waals surface area (Å²) in [6.07, 6.45) is 7.38. The Bertz CT molecular complexity index is 1350. The summed E-state index contributed by atoms with van der Waals surface area (Å²) in [6.45, 7) is 1.18. The standard InChI is InChI=1S/C23H26N8O4S/c1-36(34,35)18-8-6-15(7-9-18)27-22-20(21(24)32)26-13-19(30-22)31-11-3-5-17(14-31)29-23(33)28-16-4-2-10-25-12-16/h2,4,6-10,12-13,17H,3,5,11,14H2,1H3,(H2,24,32)(H,27,30)(H2,28,29,33)/t17-/m1/s1. The van der Waals surface area contributed by atoms with E-state index in [4.69, 9.17) is 5.73 Å². The molecule has 3 amide bonds. The zero-order valence-electron chi connectivity index (χ0n) is 19.5. The molecule has 0 spiro atoms. The molecule has 36 heavy (non-hydrogen) atoms. The van der Waals surface area contributed by atoms with E-state index >= 15 is 0 Å². The van der Waals surface area contributed by atoms with Gasteiger partial charge in [-0.15, -0.1) is 0 Å². The number of primary amides is 1. The molecule has 188 valence electrons. The minimum Gasteiger partial charge on any atom is -0.364 e. The van der Waals surface area contributed by atoms with E-state index in [0.717, 1.165) is 19.1 Å². The summed E-state index contributed by atoms with van der Waals surface area (Å²) < 4.78 is 23.4. The first-order valence-electron chi connectivity index (χ1n) is 11.2. The van der Waals surface area contributed by atoms with Crippen molar-refractivity contribution in [2.45, 2.75) is 23.8 Å². The number of hydrogen-bond donors (Lipinski definition) is 4. The lowest BCUT2D eigenvalue weighted by molar-refractivity contribution is 0.0996. The molecule has 4 rings (SSSR count). The average Bonchev–Trinajstić information content (AvgIpc) is 2.84. The van der Waals surface area contributed by atoms with Gasteiger partial charge in [0.25, 0.3) is 5.91 Å². The molecule has 1 atom stereocenters. The van der Waals surface area contributed by atoms with Gasteiger partial charge in [0.15, 0.2) is 21.3 Å². The highest BCUT2D eigenvalue weighted by Gasteiger charge is 2.24. The number of anilines is 4. The number of aromatic nitrogens is 3. The molecule has 1 fully saturated rings. The van der Waals surface area contributed by atoms with Crippen LogP contribution in [0, 0.1) is 0 Å². The third kappa shape index (κ3) is 6.24. The number of nitrogens with zero attached hydrogens (tertiary/aromatic N) is 4. The molecule has 5 N–H and O–H groups in total. The Morgan fingerprint density at radius 2 is 1.89 bits per heavy atom. The lowest BCUT2D eigenvalue weighted by Crippen LogP contribution is -2.49. The van der Waals surface area contributed by atoms with E-state index in [0.29, 0.717) is 30.3 Å². The van der Waals surface area contributed by atoms with Crippen molar-refractivity contribution in [3.8, 4) is 0 Å². The Kier molecular flexibility index (Phi) is 7.29. The van der Waals surface area contributed by atoms with Gasteiger partial charge in [-0.3, -0.25) is 9.78 Å². The molecule has 0 unspecified atom stereocenters. The van der Waals surface area contributed by atoms with E-state index in [-0.39, 0.29) is 28.5 Å². The summed E-state index contributed by atoms with van der Waals surface area (Å²) in [5.41, 5.74) is 6.55. The number of rotatable bonds is 7. The third-order valence-corrected chi connectivity index (χ3v) is 6.67. The Balaban J connectivity index is 1.48. The van der Waals surface area contributed by atoms with Crippen molar-refractivity contribution in [1.82, 2.24) is 20.3 Å². The molecule has 0 radical (unpaired) electrons. The highest BCUT2D eigenvalue weighted by molar-refractivity contribution is 7.90. The topological polar surface area (TPSA) is 172 Å². The predicted molar refractivity (Wildman–Crippen MR) is 135 cm³/mol. The molecule has 0 bridgehead atoms. The average molecular weight is 511 g/mol. The van der Waals surface area contributed by atoms with E-state index in [9.17, 15) is 18.0 Å². The first kappa shape index (κ1) is 24.9. The van der Waals surface area contributed by atoms with Gasteiger partial charge in [0, 0.05) is 37.3 Å². The largest absolute Gasteiger partial charge is 0.364 e. The minimum atomic E-state index is -3.34. The Morgan fingerprint density at radius 3 is 2.56 bits per heavy atom. The number of carbonyl (C=O) groups excluding carboxylic acids is 2. The summed E-state index contributed by atoms with van der Waals surface area (Å²) in [5, 5.41) is 8.72. The zero-order valence-corrected chi connectivity index (χ0v) is 20.3. The number of pyridine rings is 1. The second-order valence-electron chi connectivity index (χ2n) is 8.34. The fourth-order valence-electron chi connectivity index (χ4n) is 3.81. The molecule has 3 aromatic rings. The number of urea groups is 1. The Morgan fingerprint density at radius 1 is 1.11 bits per heavy atom. The first-order chi connectivity index (χ1) is 17.2. The van der Waals surface area contributed by atoms with Gasteiger partial charge in [-0.1, -0.05) is 0 Å². The van der Waals surface area contributed by atoms with Crippen LogP contribution in [0.5, 0.6) is 0 Å². The Hall–Kier alpha value is -4.26. The van der Waals surface area contributed by atoms with Crippen molar-refractivity contribution in [3.63, 3.8) is 0 Å². The number of nitrogens with two attached hydrogens (primary N) is 1. The molecular formula is C23H26N8O4S. The number of piperidine rings is 1.